The summed E-state index contributed by atoms with van der Waals surface area (Å²) in [6.45, 7) is 6.62. The standard InChI is InChI=1S/C20H36N4O3.HI/c1-4-21-19(22-15-20(9-5-6-10-20)18(25)23(2)3)24-11-13-27-17(14-24)16-8-7-12-26-16;/h16-17H,4-15H2,1-3H3,(H,21,22);1H. The van der Waals surface area contributed by atoms with Crippen LogP contribution in [0.5, 0.6) is 0 Å². The number of nitrogens with zero attached hydrogens (tertiary/aromatic N) is 3. The van der Waals surface area contributed by atoms with E-state index in [1.54, 1.807) is 4.90 Å². The maximum absolute atomic E-state index is 12.8. The van der Waals surface area contributed by atoms with Gasteiger partial charge >= 0.3 is 0 Å². The van der Waals surface area contributed by atoms with Crippen molar-refractivity contribution in [3.63, 3.8) is 0 Å². The van der Waals surface area contributed by atoms with Gasteiger partial charge in [-0.15, -0.1) is 24.0 Å². The number of guanidine groups is 1. The fourth-order valence-corrected chi connectivity index (χ4v) is 4.61. The fourth-order valence-electron chi connectivity index (χ4n) is 4.61. The lowest BCUT2D eigenvalue weighted by Gasteiger charge is -2.37. The minimum Gasteiger partial charge on any atom is -0.375 e. The molecule has 1 saturated carbocycles. The van der Waals surface area contributed by atoms with Crippen LogP contribution in [-0.2, 0) is 14.3 Å². The van der Waals surface area contributed by atoms with Crippen molar-refractivity contribution in [2.75, 3.05) is 53.5 Å². The molecular formula is C20H37IN4O3. The second-order valence-corrected chi connectivity index (χ2v) is 8.26. The molecule has 2 aliphatic heterocycles. The van der Waals surface area contributed by atoms with Crippen LogP contribution < -0.4 is 5.32 Å². The van der Waals surface area contributed by atoms with Gasteiger partial charge in [0.2, 0.25) is 5.91 Å². The van der Waals surface area contributed by atoms with E-state index in [4.69, 9.17) is 14.5 Å². The molecule has 8 heteroatoms. The second-order valence-electron chi connectivity index (χ2n) is 8.26. The lowest BCUT2D eigenvalue weighted by atomic mass is 9.85. The molecule has 1 N–H and O–H groups in total. The predicted molar refractivity (Wildman–Crippen MR) is 121 cm³/mol. The number of halogens is 1. The van der Waals surface area contributed by atoms with Gasteiger partial charge in [-0.2, -0.15) is 0 Å². The Hall–Kier alpha value is -0.610. The summed E-state index contributed by atoms with van der Waals surface area (Å²) in [5, 5.41) is 3.43. The summed E-state index contributed by atoms with van der Waals surface area (Å²) in [4.78, 5) is 21.8. The average molecular weight is 508 g/mol. The van der Waals surface area contributed by atoms with Gasteiger partial charge in [-0.3, -0.25) is 9.79 Å². The predicted octanol–water partition coefficient (Wildman–Crippen LogP) is 2.10. The maximum atomic E-state index is 12.8. The topological polar surface area (TPSA) is 66.4 Å². The normalized spacial score (nSPS) is 27.4. The number of amides is 1. The third-order valence-electron chi connectivity index (χ3n) is 6.06. The minimum absolute atomic E-state index is 0. The van der Waals surface area contributed by atoms with Gasteiger partial charge in [0.15, 0.2) is 5.96 Å². The van der Waals surface area contributed by atoms with Gasteiger partial charge in [0.05, 0.1) is 24.7 Å². The van der Waals surface area contributed by atoms with Gasteiger partial charge < -0.3 is 24.6 Å². The highest BCUT2D eigenvalue weighted by Gasteiger charge is 2.42. The van der Waals surface area contributed by atoms with E-state index in [1.807, 2.05) is 14.1 Å². The Kier molecular flexibility index (Phi) is 9.27. The Morgan fingerprint density at radius 2 is 1.89 bits per heavy atom. The highest BCUT2D eigenvalue weighted by atomic mass is 127. The van der Waals surface area contributed by atoms with Crippen LogP contribution >= 0.6 is 24.0 Å². The summed E-state index contributed by atoms with van der Waals surface area (Å²) >= 11 is 0. The molecule has 2 atom stereocenters. The van der Waals surface area contributed by atoms with E-state index >= 15 is 0 Å². The summed E-state index contributed by atoms with van der Waals surface area (Å²) < 4.78 is 11.8. The third-order valence-corrected chi connectivity index (χ3v) is 6.06. The summed E-state index contributed by atoms with van der Waals surface area (Å²) in [6, 6.07) is 0. The molecular weight excluding hydrogens is 471 g/mol. The number of carbonyl (C=O) groups is 1. The molecule has 0 aromatic rings. The Morgan fingerprint density at radius 1 is 1.18 bits per heavy atom. The number of rotatable bonds is 5. The molecule has 2 unspecified atom stereocenters. The molecule has 0 spiro atoms. The molecule has 0 bridgehead atoms. The van der Waals surface area contributed by atoms with E-state index in [1.165, 1.54) is 0 Å². The first kappa shape index (κ1) is 23.7. The SMILES string of the molecule is CCNC(=NCC1(C(=O)N(C)C)CCCC1)N1CCOC(C2CCCO2)C1.I. The Morgan fingerprint density at radius 3 is 2.50 bits per heavy atom. The zero-order valence-electron chi connectivity index (χ0n) is 17.6. The number of ether oxygens (including phenoxy) is 2. The summed E-state index contributed by atoms with van der Waals surface area (Å²) in [6.07, 6.45) is 6.61. The molecule has 0 aromatic carbocycles. The van der Waals surface area contributed by atoms with Crippen LogP contribution in [0.15, 0.2) is 4.99 Å². The molecule has 7 nitrogen and oxygen atoms in total. The maximum Gasteiger partial charge on any atom is 0.230 e. The van der Waals surface area contributed by atoms with Crippen LogP contribution in [0, 0.1) is 5.41 Å². The third kappa shape index (κ3) is 5.50. The van der Waals surface area contributed by atoms with Crippen molar-refractivity contribution in [1.29, 1.82) is 0 Å². The molecule has 162 valence electrons. The molecule has 28 heavy (non-hydrogen) atoms. The van der Waals surface area contributed by atoms with Crippen molar-refractivity contribution < 1.29 is 14.3 Å². The van der Waals surface area contributed by atoms with E-state index in [-0.39, 0.29) is 47.5 Å². The monoisotopic (exact) mass is 508 g/mol. The average Bonchev–Trinajstić information content (AvgIpc) is 3.37. The second kappa shape index (κ2) is 11.0. The van der Waals surface area contributed by atoms with Gasteiger partial charge in [0.25, 0.3) is 0 Å². The van der Waals surface area contributed by atoms with Gasteiger partial charge in [-0.1, -0.05) is 12.8 Å². The molecule has 0 aromatic heterocycles. The summed E-state index contributed by atoms with van der Waals surface area (Å²) in [5.74, 6) is 1.13. The van der Waals surface area contributed by atoms with Crippen LogP contribution in [0.4, 0.5) is 0 Å². The molecule has 0 radical (unpaired) electrons. The fraction of sp³-hybridized carbons (Fsp3) is 0.900. The first-order valence-electron chi connectivity index (χ1n) is 10.5. The van der Waals surface area contributed by atoms with Crippen LogP contribution in [0.25, 0.3) is 0 Å². The number of morpholine rings is 1. The van der Waals surface area contributed by atoms with E-state index in [0.29, 0.717) is 13.2 Å². The van der Waals surface area contributed by atoms with E-state index in [0.717, 1.165) is 70.7 Å². The molecule has 2 saturated heterocycles. The van der Waals surface area contributed by atoms with E-state index in [2.05, 4.69) is 17.1 Å². The first-order valence-corrected chi connectivity index (χ1v) is 10.5. The summed E-state index contributed by atoms with van der Waals surface area (Å²) in [5.41, 5.74) is -0.329. The number of carbonyl (C=O) groups excluding carboxylic acids is 1. The largest absolute Gasteiger partial charge is 0.375 e. The Balaban J connectivity index is 0.00000280. The highest BCUT2D eigenvalue weighted by Crippen LogP contribution is 2.39. The van der Waals surface area contributed by atoms with Crippen LogP contribution in [0.3, 0.4) is 0 Å². The Bertz CT molecular complexity index is 532. The number of hydrogen-bond acceptors (Lipinski definition) is 4. The van der Waals surface area contributed by atoms with Crippen molar-refractivity contribution in [2.24, 2.45) is 10.4 Å². The first-order chi connectivity index (χ1) is 13.1. The Labute approximate surface area is 186 Å². The van der Waals surface area contributed by atoms with Crippen molar-refractivity contribution in [1.82, 2.24) is 15.1 Å². The molecule has 1 amide bonds. The van der Waals surface area contributed by atoms with Crippen LogP contribution in [0.2, 0.25) is 0 Å². The van der Waals surface area contributed by atoms with Gasteiger partial charge in [-0.25, -0.2) is 0 Å². The molecule has 3 rings (SSSR count). The summed E-state index contributed by atoms with van der Waals surface area (Å²) in [7, 11) is 3.71. The number of nitrogens with one attached hydrogen (secondary N) is 1. The smallest absolute Gasteiger partial charge is 0.230 e. The van der Waals surface area contributed by atoms with Crippen molar-refractivity contribution in [3.05, 3.63) is 0 Å². The molecule has 3 aliphatic rings. The van der Waals surface area contributed by atoms with Gasteiger partial charge in [0.1, 0.15) is 6.10 Å². The highest BCUT2D eigenvalue weighted by molar-refractivity contribution is 14.0. The zero-order chi connectivity index (χ0) is 19.3. The quantitative estimate of drug-likeness (QED) is 0.350. The number of aliphatic imine (C=N–C) groups is 1. The van der Waals surface area contributed by atoms with E-state index < -0.39 is 0 Å². The molecule has 1 aliphatic carbocycles. The van der Waals surface area contributed by atoms with Crippen molar-refractivity contribution in [2.45, 2.75) is 57.7 Å². The van der Waals surface area contributed by atoms with Crippen LogP contribution in [0.1, 0.15) is 45.4 Å². The molecule has 3 fully saturated rings. The molecule has 2 heterocycles. The van der Waals surface area contributed by atoms with E-state index in [9.17, 15) is 4.79 Å². The number of hydrogen-bond donors (Lipinski definition) is 1. The van der Waals surface area contributed by atoms with Crippen LogP contribution in [-0.4, -0.2) is 87.4 Å². The lowest BCUT2D eigenvalue weighted by molar-refractivity contribution is -0.138. The van der Waals surface area contributed by atoms with Gasteiger partial charge in [-0.05, 0) is 32.6 Å². The zero-order valence-corrected chi connectivity index (χ0v) is 19.9. The van der Waals surface area contributed by atoms with Crippen molar-refractivity contribution >= 4 is 35.8 Å². The lowest BCUT2D eigenvalue weighted by Crippen LogP contribution is -2.53. The van der Waals surface area contributed by atoms with Crippen molar-refractivity contribution in [3.8, 4) is 0 Å². The minimum atomic E-state index is -0.329. The van der Waals surface area contributed by atoms with Gasteiger partial charge in [0, 0.05) is 40.3 Å².